The minimum Gasteiger partial charge on any atom is -0.414 e. The van der Waals surface area contributed by atoms with E-state index in [4.69, 9.17) is 14.3 Å². The fourth-order valence-corrected chi connectivity index (χ4v) is 7.39. The summed E-state index contributed by atoms with van der Waals surface area (Å²) in [7, 11) is 3.73. The molecule has 0 bridgehead atoms. The molecule has 0 aromatic rings. The number of hydrogen-bond donors (Lipinski definition) is 4. The Kier molecular flexibility index (Phi) is 10.7. The number of nitrogens with one attached hydrogen (secondary N) is 1. The SMILES string of the molecule is C=C[C@@]1(C)CC(=O)[C@]2(O)[C@]3(C)[C@@H]([C@H](O)C[C@@]2(C)O1)C(C)(C)CC[C@@]3(O)OC(=O)NOC(=O)CCCN(C)C.Cl.O. The van der Waals surface area contributed by atoms with Crippen molar-refractivity contribution in [1.82, 2.24) is 10.4 Å². The Balaban J connectivity index is 0.00000400. The Hall–Kier alpha value is -1.80. The van der Waals surface area contributed by atoms with Gasteiger partial charge in [0.1, 0.15) is 5.60 Å². The largest absolute Gasteiger partial charge is 0.443 e. The Morgan fingerprint density at radius 2 is 1.77 bits per heavy atom. The van der Waals surface area contributed by atoms with Gasteiger partial charge in [0, 0.05) is 31.6 Å². The molecule has 0 spiro atoms. The van der Waals surface area contributed by atoms with Gasteiger partial charge in [0.15, 0.2) is 11.4 Å². The molecule has 1 saturated heterocycles. The van der Waals surface area contributed by atoms with Crippen LogP contribution in [0.4, 0.5) is 4.79 Å². The average Bonchev–Trinajstić information content (AvgIpc) is 2.77. The molecule has 6 N–H and O–H groups in total. The molecular weight excluding hydrogens is 548 g/mol. The molecule has 1 amide bonds. The van der Waals surface area contributed by atoms with E-state index in [9.17, 15) is 29.7 Å². The number of carbonyl (C=O) groups excluding carboxylic acids is 3. The van der Waals surface area contributed by atoms with Gasteiger partial charge in [-0.05, 0) is 59.7 Å². The topological polar surface area (TPSA) is 186 Å². The minimum absolute atomic E-state index is 0. The van der Waals surface area contributed by atoms with E-state index in [1.54, 1.807) is 6.92 Å². The number of halogens is 1. The quantitative estimate of drug-likeness (QED) is 0.199. The van der Waals surface area contributed by atoms with E-state index in [1.165, 1.54) is 19.9 Å². The molecule has 2 aliphatic carbocycles. The zero-order valence-corrected chi connectivity index (χ0v) is 25.4. The van der Waals surface area contributed by atoms with Crippen molar-refractivity contribution in [2.45, 2.75) is 102 Å². The van der Waals surface area contributed by atoms with E-state index in [0.717, 1.165) is 0 Å². The van der Waals surface area contributed by atoms with Crippen LogP contribution in [-0.2, 0) is 23.9 Å². The van der Waals surface area contributed by atoms with Crippen molar-refractivity contribution in [3.8, 4) is 0 Å². The number of nitrogens with zero attached hydrogens (tertiary/aromatic N) is 1. The lowest BCUT2D eigenvalue weighted by atomic mass is 9.39. The van der Waals surface area contributed by atoms with Crippen LogP contribution < -0.4 is 5.48 Å². The molecule has 2 saturated carbocycles. The smallest absolute Gasteiger partial charge is 0.414 e. The highest BCUT2D eigenvalue weighted by Gasteiger charge is 2.82. The number of ketones is 1. The summed E-state index contributed by atoms with van der Waals surface area (Å²) in [5, 5.41) is 35.8. The van der Waals surface area contributed by atoms with Gasteiger partial charge in [-0.15, -0.1) is 24.5 Å². The van der Waals surface area contributed by atoms with E-state index in [0.29, 0.717) is 19.4 Å². The number of hydroxylamine groups is 1. The molecule has 7 atom stereocenters. The lowest BCUT2D eigenvalue weighted by Crippen LogP contribution is -2.85. The summed E-state index contributed by atoms with van der Waals surface area (Å²) < 4.78 is 11.8. The van der Waals surface area contributed by atoms with Crippen molar-refractivity contribution >= 4 is 30.3 Å². The van der Waals surface area contributed by atoms with Crippen LogP contribution in [0.2, 0.25) is 0 Å². The van der Waals surface area contributed by atoms with Crippen molar-refractivity contribution in [3.63, 3.8) is 0 Å². The number of aliphatic hydroxyl groups is 3. The summed E-state index contributed by atoms with van der Waals surface area (Å²) in [6.07, 6.45) is -0.495. The summed E-state index contributed by atoms with van der Waals surface area (Å²) in [5.41, 5.74) is -5.75. The highest BCUT2D eigenvalue weighted by molar-refractivity contribution is 5.92. The summed E-state index contributed by atoms with van der Waals surface area (Å²) in [4.78, 5) is 45.4. The predicted octanol–water partition coefficient (Wildman–Crippen LogP) is 1.43. The number of amides is 1. The molecule has 0 radical (unpaired) electrons. The van der Waals surface area contributed by atoms with E-state index in [1.807, 2.05) is 38.3 Å². The van der Waals surface area contributed by atoms with Crippen LogP contribution in [0.3, 0.4) is 0 Å². The molecule has 13 heteroatoms. The lowest BCUT2D eigenvalue weighted by molar-refractivity contribution is -0.398. The van der Waals surface area contributed by atoms with Crippen LogP contribution in [0.15, 0.2) is 12.7 Å². The number of Topliss-reactive ketones (excluding diaryl/α,β-unsaturated/α-hetero) is 1. The maximum absolute atomic E-state index is 13.8. The van der Waals surface area contributed by atoms with Crippen LogP contribution in [0, 0.1) is 16.7 Å². The molecule has 3 rings (SSSR count). The molecule has 12 nitrogen and oxygen atoms in total. The minimum atomic E-state index is -2.42. The first-order chi connectivity index (χ1) is 17.3. The first kappa shape index (κ1) is 36.2. The third kappa shape index (κ3) is 5.64. The van der Waals surface area contributed by atoms with Gasteiger partial charge < -0.3 is 40.0 Å². The van der Waals surface area contributed by atoms with Gasteiger partial charge >= 0.3 is 12.1 Å². The summed E-state index contributed by atoms with van der Waals surface area (Å²) in [5.74, 6) is -4.59. The number of aliphatic hydroxyl groups excluding tert-OH is 1. The van der Waals surface area contributed by atoms with Crippen molar-refractivity contribution in [3.05, 3.63) is 12.7 Å². The number of fused-ring (bicyclic) bond motifs is 3. The molecule has 1 heterocycles. The second-order valence-electron chi connectivity index (χ2n) is 12.8. The number of carbonyl (C=O) groups is 3. The van der Waals surface area contributed by atoms with Crippen molar-refractivity contribution in [2.24, 2.45) is 16.7 Å². The Bertz CT molecular complexity index is 994. The molecule has 3 fully saturated rings. The second kappa shape index (κ2) is 11.8. The van der Waals surface area contributed by atoms with Crippen LogP contribution in [0.1, 0.15) is 73.1 Å². The molecular formula is C27H47ClN2O10. The van der Waals surface area contributed by atoms with Gasteiger partial charge in [-0.3, -0.25) is 4.79 Å². The van der Waals surface area contributed by atoms with E-state index in [2.05, 4.69) is 6.58 Å². The highest BCUT2D eigenvalue weighted by atomic mass is 35.5. The van der Waals surface area contributed by atoms with Gasteiger partial charge in [0.05, 0.1) is 17.1 Å². The highest BCUT2D eigenvalue weighted by Crippen LogP contribution is 2.69. The summed E-state index contributed by atoms with van der Waals surface area (Å²) >= 11 is 0. The monoisotopic (exact) mass is 594 g/mol. The van der Waals surface area contributed by atoms with Crippen molar-refractivity contribution in [1.29, 1.82) is 0 Å². The lowest BCUT2D eigenvalue weighted by Gasteiger charge is -2.71. The third-order valence-electron chi connectivity index (χ3n) is 9.19. The fourth-order valence-electron chi connectivity index (χ4n) is 7.39. The van der Waals surface area contributed by atoms with Crippen molar-refractivity contribution in [2.75, 3.05) is 20.6 Å². The maximum atomic E-state index is 13.8. The molecule has 0 aromatic carbocycles. The molecule has 1 aliphatic heterocycles. The van der Waals surface area contributed by atoms with Gasteiger partial charge in [0.2, 0.25) is 5.79 Å². The van der Waals surface area contributed by atoms with Crippen LogP contribution >= 0.6 is 12.4 Å². The molecule has 232 valence electrons. The number of hydrogen-bond acceptors (Lipinski definition) is 10. The zero-order valence-electron chi connectivity index (χ0n) is 24.5. The normalized spacial score (nSPS) is 39.9. The first-order valence-corrected chi connectivity index (χ1v) is 13.1. The summed E-state index contributed by atoms with van der Waals surface area (Å²) in [6.45, 7) is 12.8. The van der Waals surface area contributed by atoms with Gasteiger partial charge in [-0.2, -0.15) is 0 Å². The van der Waals surface area contributed by atoms with Gasteiger partial charge in [-0.25, -0.2) is 9.59 Å². The summed E-state index contributed by atoms with van der Waals surface area (Å²) in [6, 6.07) is 0. The Morgan fingerprint density at radius 3 is 2.33 bits per heavy atom. The molecule has 0 unspecified atom stereocenters. The third-order valence-corrected chi connectivity index (χ3v) is 9.19. The number of rotatable bonds is 6. The fraction of sp³-hybridized carbons (Fsp3) is 0.815. The van der Waals surface area contributed by atoms with Crippen molar-refractivity contribution < 1.29 is 49.5 Å². The Morgan fingerprint density at radius 1 is 1.18 bits per heavy atom. The van der Waals surface area contributed by atoms with Gasteiger partial charge in [-0.1, -0.05) is 19.9 Å². The van der Waals surface area contributed by atoms with E-state index in [-0.39, 0.29) is 43.6 Å². The first-order valence-electron chi connectivity index (χ1n) is 13.1. The zero-order chi connectivity index (χ0) is 28.9. The Labute approximate surface area is 242 Å². The van der Waals surface area contributed by atoms with Crippen LogP contribution in [0.25, 0.3) is 0 Å². The van der Waals surface area contributed by atoms with Crippen LogP contribution in [-0.4, -0.2) is 92.9 Å². The molecule has 0 aromatic heterocycles. The average molecular weight is 595 g/mol. The molecule has 40 heavy (non-hydrogen) atoms. The second-order valence-corrected chi connectivity index (χ2v) is 12.8. The standard InChI is InChI=1S/C27H44N2O9.ClH.H2O/c1-9-23(4)16-18(31)27(35)24(5,38-23)15-17(30)20-22(2,3)12-13-26(34,25(20,27)6)36-21(33)28-37-19(32)11-10-14-29(7)8;;/h9,17,20,30,34-35H,1,10-16H2,2-8H3,(H,28,33);1H;1H2/t17-,20+,23+,24-,25-,26-,27-;;/m1../s1. The maximum Gasteiger partial charge on any atom is 0.443 e. The van der Waals surface area contributed by atoms with E-state index < -0.39 is 63.3 Å². The van der Waals surface area contributed by atoms with E-state index >= 15 is 0 Å². The molecule has 3 aliphatic rings. The van der Waals surface area contributed by atoms with Crippen LogP contribution in [0.5, 0.6) is 0 Å². The predicted molar refractivity (Wildman–Crippen MR) is 147 cm³/mol. The number of ether oxygens (including phenoxy) is 2. The van der Waals surface area contributed by atoms with Gasteiger partial charge in [0.25, 0.3) is 0 Å².